The van der Waals surface area contributed by atoms with E-state index < -0.39 is 0 Å². The normalized spacial score (nSPS) is 17.8. The summed E-state index contributed by atoms with van der Waals surface area (Å²) in [6, 6.07) is 10.2. The van der Waals surface area contributed by atoms with Crippen LogP contribution < -0.4 is 0 Å². The third kappa shape index (κ3) is 1.92. The Morgan fingerprint density at radius 3 is 2.23 bits per heavy atom. The van der Waals surface area contributed by atoms with Gasteiger partial charge in [-0.2, -0.15) is 0 Å². The molecule has 0 unspecified atom stereocenters. The monoisotopic (exact) mass is 178 g/mol. The average Bonchev–Trinajstić information content (AvgIpc) is 2.17. The molecule has 1 heteroatoms. The number of aliphatic hydroxyl groups is 1. The molecule has 0 saturated carbocycles. The van der Waals surface area contributed by atoms with E-state index in [-0.39, 0.29) is 11.5 Å². The first kappa shape index (κ1) is 10.3. The third-order valence-electron chi connectivity index (χ3n) is 3.09. The van der Waals surface area contributed by atoms with Crippen LogP contribution >= 0.6 is 0 Å². The van der Waals surface area contributed by atoms with E-state index in [1.165, 1.54) is 5.56 Å². The molecule has 0 aromatic heterocycles. The van der Waals surface area contributed by atoms with Crippen molar-refractivity contribution in [3.8, 4) is 0 Å². The molecular weight excluding hydrogens is 160 g/mol. The van der Waals surface area contributed by atoms with E-state index in [1.807, 2.05) is 25.1 Å². The van der Waals surface area contributed by atoms with Crippen LogP contribution in [0.2, 0.25) is 0 Å². The summed E-state index contributed by atoms with van der Waals surface area (Å²) < 4.78 is 0. The fourth-order valence-electron chi connectivity index (χ4n) is 1.56. The van der Waals surface area contributed by atoms with E-state index in [4.69, 9.17) is 0 Å². The predicted octanol–water partition coefficient (Wildman–Crippen LogP) is 2.74. The molecule has 0 aliphatic rings. The molecule has 1 aromatic rings. The van der Waals surface area contributed by atoms with Gasteiger partial charge in [0.2, 0.25) is 0 Å². The van der Waals surface area contributed by atoms with E-state index in [0.717, 1.165) is 6.42 Å². The summed E-state index contributed by atoms with van der Waals surface area (Å²) in [6.07, 6.45) is 0.647. The van der Waals surface area contributed by atoms with Crippen LogP contribution in [0.4, 0.5) is 0 Å². The molecule has 1 rings (SSSR count). The standard InChI is InChI=1S/C12H18O/c1-4-12(3,10(2)13)11-8-6-5-7-9-11/h5-10,13H,4H2,1-3H3/t10-,12-/m0/s1. The van der Waals surface area contributed by atoms with E-state index in [9.17, 15) is 5.11 Å². The number of hydrogen-bond acceptors (Lipinski definition) is 1. The summed E-state index contributed by atoms with van der Waals surface area (Å²) in [4.78, 5) is 0. The first-order chi connectivity index (χ1) is 6.11. The SMILES string of the molecule is CC[C@](C)(c1ccccc1)[C@H](C)O. The minimum atomic E-state index is -0.306. The van der Waals surface area contributed by atoms with Crippen molar-refractivity contribution in [1.82, 2.24) is 0 Å². The van der Waals surface area contributed by atoms with Gasteiger partial charge in [0, 0.05) is 5.41 Å². The minimum absolute atomic E-state index is 0.110. The maximum absolute atomic E-state index is 9.72. The van der Waals surface area contributed by atoms with Crippen molar-refractivity contribution in [2.45, 2.75) is 38.7 Å². The molecule has 72 valence electrons. The first-order valence-electron chi connectivity index (χ1n) is 4.85. The maximum Gasteiger partial charge on any atom is 0.0605 e. The van der Waals surface area contributed by atoms with E-state index >= 15 is 0 Å². The highest BCUT2D eigenvalue weighted by Gasteiger charge is 2.29. The smallest absolute Gasteiger partial charge is 0.0605 e. The topological polar surface area (TPSA) is 20.2 Å². The zero-order valence-corrected chi connectivity index (χ0v) is 8.62. The lowest BCUT2D eigenvalue weighted by Crippen LogP contribution is -2.33. The second-order valence-electron chi connectivity index (χ2n) is 3.81. The Hall–Kier alpha value is -0.820. The Morgan fingerprint density at radius 2 is 1.85 bits per heavy atom. The van der Waals surface area contributed by atoms with E-state index in [2.05, 4.69) is 26.0 Å². The van der Waals surface area contributed by atoms with Crippen molar-refractivity contribution in [2.75, 3.05) is 0 Å². The van der Waals surface area contributed by atoms with E-state index in [1.54, 1.807) is 0 Å². The highest BCUT2D eigenvalue weighted by atomic mass is 16.3. The van der Waals surface area contributed by atoms with Gasteiger partial charge < -0.3 is 5.11 Å². The molecule has 0 amide bonds. The Labute approximate surface area is 80.4 Å². The summed E-state index contributed by atoms with van der Waals surface area (Å²) in [7, 11) is 0. The predicted molar refractivity (Wildman–Crippen MR) is 55.8 cm³/mol. The molecule has 0 saturated heterocycles. The Morgan fingerprint density at radius 1 is 1.31 bits per heavy atom. The molecule has 1 aromatic carbocycles. The number of aliphatic hydroxyl groups excluding tert-OH is 1. The number of hydrogen-bond donors (Lipinski definition) is 1. The van der Waals surface area contributed by atoms with Crippen LogP contribution in [0.5, 0.6) is 0 Å². The lowest BCUT2D eigenvalue weighted by atomic mass is 9.76. The molecular formula is C12H18O. The van der Waals surface area contributed by atoms with Crippen LogP contribution in [0.25, 0.3) is 0 Å². The van der Waals surface area contributed by atoms with Gasteiger partial charge in [0.05, 0.1) is 6.10 Å². The van der Waals surface area contributed by atoms with Crippen molar-refractivity contribution in [3.05, 3.63) is 35.9 Å². The summed E-state index contributed by atoms with van der Waals surface area (Å²) >= 11 is 0. The Balaban J connectivity index is 3.03. The Kier molecular flexibility index (Phi) is 3.10. The van der Waals surface area contributed by atoms with Gasteiger partial charge in [-0.1, -0.05) is 44.2 Å². The van der Waals surface area contributed by atoms with Crippen LogP contribution in [0, 0.1) is 0 Å². The highest BCUT2D eigenvalue weighted by Crippen LogP contribution is 2.30. The molecule has 2 atom stereocenters. The molecule has 0 aliphatic heterocycles. The zero-order valence-electron chi connectivity index (χ0n) is 8.62. The second kappa shape index (κ2) is 3.93. The first-order valence-corrected chi connectivity index (χ1v) is 4.85. The fraction of sp³-hybridized carbons (Fsp3) is 0.500. The molecule has 1 N–H and O–H groups in total. The molecule has 0 heterocycles. The summed E-state index contributed by atoms with van der Waals surface area (Å²) in [5.74, 6) is 0. The Bertz CT molecular complexity index is 253. The second-order valence-corrected chi connectivity index (χ2v) is 3.81. The van der Waals surface area contributed by atoms with Crippen molar-refractivity contribution < 1.29 is 5.11 Å². The maximum atomic E-state index is 9.72. The van der Waals surface area contributed by atoms with Crippen molar-refractivity contribution in [3.63, 3.8) is 0 Å². The van der Waals surface area contributed by atoms with Gasteiger partial charge in [-0.25, -0.2) is 0 Å². The van der Waals surface area contributed by atoms with Gasteiger partial charge in [-0.05, 0) is 18.9 Å². The molecule has 0 spiro atoms. The number of rotatable bonds is 3. The highest BCUT2D eigenvalue weighted by molar-refractivity contribution is 5.25. The van der Waals surface area contributed by atoms with Crippen LogP contribution in [-0.2, 0) is 5.41 Å². The van der Waals surface area contributed by atoms with E-state index in [0.29, 0.717) is 0 Å². The van der Waals surface area contributed by atoms with Gasteiger partial charge >= 0.3 is 0 Å². The average molecular weight is 178 g/mol. The summed E-state index contributed by atoms with van der Waals surface area (Å²) in [5, 5.41) is 9.72. The van der Waals surface area contributed by atoms with Crippen molar-refractivity contribution >= 4 is 0 Å². The van der Waals surface area contributed by atoms with Gasteiger partial charge in [0.15, 0.2) is 0 Å². The molecule has 0 fully saturated rings. The minimum Gasteiger partial charge on any atom is -0.393 e. The van der Waals surface area contributed by atoms with Gasteiger partial charge in [-0.15, -0.1) is 0 Å². The van der Waals surface area contributed by atoms with Crippen LogP contribution in [0.3, 0.4) is 0 Å². The quantitative estimate of drug-likeness (QED) is 0.754. The van der Waals surface area contributed by atoms with Crippen LogP contribution in [0.15, 0.2) is 30.3 Å². The number of benzene rings is 1. The van der Waals surface area contributed by atoms with Gasteiger partial charge in [0.25, 0.3) is 0 Å². The largest absolute Gasteiger partial charge is 0.393 e. The molecule has 0 radical (unpaired) electrons. The van der Waals surface area contributed by atoms with Crippen LogP contribution in [-0.4, -0.2) is 11.2 Å². The lowest BCUT2D eigenvalue weighted by molar-refractivity contribution is 0.104. The lowest BCUT2D eigenvalue weighted by Gasteiger charge is -2.32. The zero-order chi connectivity index (χ0) is 9.90. The van der Waals surface area contributed by atoms with Crippen molar-refractivity contribution in [2.24, 2.45) is 0 Å². The van der Waals surface area contributed by atoms with Crippen LogP contribution in [0.1, 0.15) is 32.8 Å². The summed E-state index contributed by atoms with van der Waals surface area (Å²) in [5.41, 5.74) is 1.11. The fourth-order valence-corrected chi connectivity index (χ4v) is 1.56. The third-order valence-corrected chi connectivity index (χ3v) is 3.09. The molecule has 13 heavy (non-hydrogen) atoms. The molecule has 0 bridgehead atoms. The van der Waals surface area contributed by atoms with Crippen molar-refractivity contribution in [1.29, 1.82) is 0 Å². The van der Waals surface area contributed by atoms with Gasteiger partial charge in [0.1, 0.15) is 0 Å². The van der Waals surface area contributed by atoms with Gasteiger partial charge in [-0.3, -0.25) is 0 Å². The summed E-state index contributed by atoms with van der Waals surface area (Å²) in [6.45, 7) is 6.07. The molecule has 0 aliphatic carbocycles. The molecule has 1 nitrogen and oxygen atoms in total.